The van der Waals surface area contributed by atoms with Gasteiger partial charge in [-0.15, -0.1) is 0 Å². The molecule has 0 aliphatic carbocycles. The number of ether oxygens (including phenoxy) is 1. The lowest BCUT2D eigenvalue weighted by Gasteiger charge is -2.32. The van der Waals surface area contributed by atoms with Crippen LogP contribution in [-0.2, 0) is 11.3 Å². The first kappa shape index (κ1) is 17.8. The van der Waals surface area contributed by atoms with Gasteiger partial charge in [-0.25, -0.2) is 0 Å². The van der Waals surface area contributed by atoms with Gasteiger partial charge in [0.25, 0.3) is 0 Å². The van der Waals surface area contributed by atoms with E-state index in [1.54, 1.807) is 7.11 Å². The molecule has 23 heavy (non-hydrogen) atoms. The van der Waals surface area contributed by atoms with E-state index in [2.05, 4.69) is 37.4 Å². The van der Waals surface area contributed by atoms with E-state index in [-0.39, 0.29) is 5.91 Å². The molecule has 1 aliphatic rings. The maximum Gasteiger partial charge on any atom is 0.222 e. The summed E-state index contributed by atoms with van der Waals surface area (Å²) in [5.41, 5.74) is 2.50. The number of rotatable bonds is 6. The molecule has 0 spiro atoms. The number of carbonyl (C=O) groups excluding carboxylic acids is 1. The lowest BCUT2D eigenvalue weighted by atomic mass is 10.00. The van der Waals surface area contributed by atoms with E-state index in [1.165, 1.54) is 11.1 Å². The van der Waals surface area contributed by atoms with Crippen molar-refractivity contribution in [2.24, 2.45) is 0 Å². The van der Waals surface area contributed by atoms with Crippen LogP contribution in [-0.4, -0.2) is 37.0 Å². The van der Waals surface area contributed by atoms with Gasteiger partial charge >= 0.3 is 0 Å². The Labute approximate surface area is 140 Å². The Balaban J connectivity index is 1.88. The number of amides is 1. The molecule has 2 rings (SSSR count). The van der Waals surface area contributed by atoms with Gasteiger partial charge in [-0.1, -0.05) is 32.9 Å². The summed E-state index contributed by atoms with van der Waals surface area (Å²) in [6.45, 7) is 8.87. The molecule has 0 saturated carbocycles. The Bertz CT molecular complexity index is 520. The van der Waals surface area contributed by atoms with Crippen molar-refractivity contribution in [2.75, 3.05) is 20.2 Å². The van der Waals surface area contributed by atoms with Gasteiger partial charge in [0.15, 0.2) is 0 Å². The number of nitrogens with zero attached hydrogens (tertiary/aromatic N) is 1. The second-order valence-electron chi connectivity index (χ2n) is 6.62. The monoisotopic (exact) mass is 318 g/mol. The normalized spacial score (nSPS) is 16.0. The van der Waals surface area contributed by atoms with Crippen LogP contribution in [0, 0.1) is 0 Å². The largest absolute Gasteiger partial charge is 0.496 e. The predicted octanol–water partition coefficient (Wildman–Crippen LogP) is 3.31. The molecule has 1 aromatic rings. The zero-order valence-corrected chi connectivity index (χ0v) is 14.9. The molecule has 128 valence electrons. The molecular formula is C19H30N2O2. The minimum atomic E-state index is 0.273. The molecule has 0 aromatic heterocycles. The van der Waals surface area contributed by atoms with E-state index < -0.39 is 0 Å². The Morgan fingerprint density at radius 2 is 2.04 bits per heavy atom. The molecule has 0 unspecified atom stereocenters. The minimum absolute atomic E-state index is 0.273. The fraction of sp³-hybridized carbons (Fsp3) is 0.632. The number of carbonyl (C=O) groups is 1. The average molecular weight is 318 g/mol. The van der Waals surface area contributed by atoms with Crippen molar-refractivity contribution in [3.8, 4) is 5.75 Å². The molecule has 0 radical (unpaired) electrons. The molecule has 1 N–H and O–H groups in total. The van der Waals surface area contributed by atoms with Crippen molar-refractivity contribution in [2.45, 2.75) is 58.5 Å². The van der Waals surface area contributed by atoms with Gasteiger partial charge in [0, 0.05) is 37.7 Å². The molecule has 4 heteroatoms. The molecule has 1 fully saturated rings. The second-order valence-corrected chi connectivity index (χ2v) is 6.62. The van der Waals surface area contributed by atoms with Crippen molar-refractivity contribution >= 4 is 5.91 Å². The van der Waals surface area contributed by atoms with Crippen LogP contribution in [0.1, 0.15) is 57.1 Å². The Hall–Kier alpha value is -1.55. The summed E-state index contributed by atoms with van der Waals surface area (Å²) in [5, 5.41) is 3.62. The smallest absolute Gasteiger partial charge is 0.222 e. The van der Waals surface area contributed by atoms with Crippen LogP contribution in [0.5, 0.6) is 5.75 Å². The highest BCUT2D eigenvalue weighted by atomic mass is 16.5. The summed E-state index contributed by atoms with van der Waals surface area (Å²) in [4.78, 5) is 13.7. The Kier molecular flexibility index (Phi) is 6.46. The summed E-state index contributed by atoms with van der Waals surface area (Å²) in [5.74, 6) is 1.74. The maximum atomic E-state index is 11.7. The van der Waals surface area contributed by atoms with Crippen molar-refractivity contribution in [1.82, 2.24) is 10.2 Å². The molecular weight excluding hydrogens is 288 g/mol. The first-order valence-corrected chi connectivity index (χ1v) is 8.73. The summed E-state index contributed by atoms with van der Waals surface area (Å²) in [6.07, 6.45) is 2.66. The van der Waals surface area contributed by atoms with E-state index in [0.717, 1.165) is 38.2 Å². The first-order chi connectivity index (χ1) is 11.0. The van der Waals surface area contributed by atoms with Crippen molar-refractivity contribution in [1.29, 1.82) is 0 Å². The summed E-state index contributed by atoms with van der Waals surface area (Å²) < 4.78 is 5.55. The third kappa shape index (κ3) is 4.71. The fourth-order valence-corrected chi connectivity index (χ4v) is 3.08. The van der Waals surface area contributed by atoms with Gasteiger partial charge in [-0.3, -0.25) is 4.79 Å². The van der Waals surface area contributed by atoms with E-state index in [9.17, 15) is 4.79 Å². The van der Waals surface area contributed by atoms with E-state index in [0.29, 0.717) is 18.4 Å². The number of hydrogen-bond donors (Lipinski definition) is 1. The molecule has 0 atom stereocenters. The van der Waals surface area contributed by atoms with Gasteiger partial charge < -0.3 is 15.0 Å². The predicted molar refractivity (Wildman–Crippen MR) is 93.8 cm³/mol. The molecule has 1 amide bonds. The van der Waals surface area contributed by atoms with Gasteiger partial charge in [0.2, 0.25) is 5.91 Å². The van der Waals surface area contributed by atoms with Crippen LogP contribution in [0.25, 0.3) is 0 Å². The van der Waals surface area contributed by atoms with Crippen molar-refractivity contribution in [3.63, 3.8) is 0 Å². The SMILES string of the molecule is CCC(=O)N1CCC(NCc2ccc(C(C)C)cc2OC)CC1. The van der Waals surface area contributed by atoms with Gasteiger partial charge in [0.05, 0.1) is 7.11 Å². The highest BCUT2D eigenvalue weighted by Gasteiger charge is 2.21. The van der Waals surface area contributed by atoms with Crippen molar-refractivity contribution in [3.05, 3.63) is 29.3 Å². The van der Waals surface area contributed by atoms with Gasteiger partial charge in [0.1, 0.15) is 5.75 Å². The summed E-state index contributed by atoms with van der Waals surface area (Å²) in [7, 11) is 1.73. The lowest BCUT2D eigenvalue weighted by Crippen LogP contribution is -2.44. The second kappa shape index (κ2) is 8.34. The number of hydrogen-bond acceptors (Lipinski definition) is 3. The summed E-state index contributed by atoms with van der Waals surface area (Å²) in [6, 6.07) is 6.97. The maximum absolute atomic E-state index is 11.7. The average Bonchev–Trinajstić information content (AvgIpc) is 2.59. The minimum Gasteiger partial charge on any atom is -0.496 e. The molecule has 1 aliphatic heterocycles. The summed E-state index contributed by atoms with van der Waals surface area (Å²) >= 11 is 0. The molecule has 4 nitrogen and oxygen atoms in total. The highest BCUT2D eigenvalue weighted by molar-refractivity contribution is 5.75. The Morgan fingerprint density at radius 3 is 2.61 bits per heavy atom. The number of piperidine rings is 1. The molecule has 1 aromatic carbocycles. The van der Waals surface area contributed by atoms with E-state index in [1.807, 2.05) is 11.8 Å². The number of nitrogens with one attached hydrogen (secondary N) is 1. The van der Waals surface area contributed by atoms with Crippen molar-refractivity contribution < 1.29 is 9.53 Å². The number of methoxy groups -OCH3 is 1. The third-order valence-electron chi connectivity index (χ3n) is 4.71. The van der Waals surface area contributed by atoms with Crippen LogP contribution in [0.15, 0.2) is 18.2 Å². The van der Waals surface area contributed by atoms with Crippen LogP contribution < -0.4 is 10.1 Å². The molecule has 0 bridgehead atoms. The first-order valence-electron chi connectivity index (χ1n) is 8.73. The van der Waals surface area contributed by atoms with Crippen LogP contribution in [0.3, 0.4) is 0 Å². The zero-order valence-electron chi connectivity index (χ0n) is 14.9. The van der Waals surface area contributed by atoms with Gasteiger partial charge in [-0.05, 0) is 30.4 Å². The van der Waals surface area contributed by atoms with Gasteiger partial charge in [-0.2, -0.15) is 0 Å². The Morgan fingerprint density at radius 1 is 1.35 bits per heavy atom. The van der Waals surface area contributed by atoms with Crippen LogP contribution in [0.4, 0.5) is 0 Å². The number of likely N-dealkylation sites (tertiary alicyclic amines) is 1. The van der Waals surface area contributed by atoms with E-state index >= 15 is 0 Å². The van der Waals surface area contributed by atoms with Crippen LogP contribution >= 0.6 is 0 Å². The topological polar surface area (TPSA) is 41.6 Å². The quantitative estimate of drug-likeness (QED) is 0.875. The molecule has 1 saturated heterocycles. The van der Waals surface area contributed by atoms with Crippen LogP contribution in [0.2, 0.25) is 0 Å². The van der Waals surface area contributed by atoms with E-state index in [4.69, 9.17) is 4.74 Å². The third-order valence-corrected chi connectivity index (χ3v) is 4.71. The highest BCUT2D eigenvalue weighted by Crippen LogP contribution is 2.25. The number of benzene rings is 1. The lowest BCUT2D eigenvalue weighted by molar-refractivity contribution is -0.131. The molecule has 1 heterocycles. The standard InChI is InChI=1S/C19H30N2O2/c1-5-19(22)21-10-8-17(9-11-21)20-13-16-7-6-15(14(2)3)12-18(16)23-4/h6-7,12,14,17,20H,5,8-11,13H2,1-4H3. The fourth-order valence-electron chi connectivity index (χ4n) is 3.08. The zero-order chi connectivity index (χ0) is 16.8.